The van der Waals surface area contributed by atoms with Gasteiger partial charge in [-0.25, -0.2) is 4.39 Å². The molecule has 1 aliphatic carbocycles. The average Bonchev–Trinajstić information content (AvgIpc) is 2.43. The van der Waals surface area contributed by atoms with E-state index in [1.165, 1.54) is 6.07 Å². The predicted octanol–water partition coefficient (Wildman–Crippen LogP) is 3.44. The lowest BCUT2D eigenvalue weighted by atomic mass is 9.73. The summed E-state index contributed by atoms with van der Waals surface area (Å²) in [5, 5.41) is 2.79. The fraction of sp³-hybridized carbons (Fsp3) is 0.500. The quantitative estimate of drug-likeness (QED) is 0.893. The summed E-state index contributed by atoms with van der Waals surface area (Å²) in [5.74, 6) is -0.473. The molecule has 0 atom stereocenters. The van der Waals surface area contributed by atoms with Crippen LogP contribution >= 0.6 is 15.9 Å². The normalized spacial score (nSPS) is 18.1. The fourth-order valence-electron chi connectivity index (χ4n) is 2.59. The van der Waals surface area contributed by atoms with Crippen molar-refractivity contribution >= 4 is 27.5 Å². The number of halogens is 2. The summed E-state index contributed by atoms with van der Waals surface area (Å²) in [6.45, 7) is 0.345. The van der Waals surface area contributed by atoms with Gasteiger partial charge in [0.25, 0.3) is 0 Å². The first-order valence-electron chi connectivity index (χ1n) is 6.54. The van der Waals surface area contributed by atoms with E-state index in [0.717, 1.165) is 32.1 Å². The smallest absolute Gasteiger partial charge is 0.231 e. The zero-order valence-corrected chi connectivity index (χ0v) is 12.3. The van der Waals surface area contributed by atoms with Gasteiger partial charge in [0.15, 0.2) is 0 Å². The van der Waals surface area contributed by atoms with Crippen molar-refractivity contribution in [3.05, 3.63) is 28.5 Å². The minimum Gasteiger partial charge on any atom is -0.329 e. The zero-order valence-electron chi connectivity index (χ0n) is 10.7. The molecule has 5 heteroatoms. The van der Waals surface area contributed by atoms with E-state index in [-0.39, 0.29) is 11.7 Å². The molecule has 0 saturated heterocycles. The molecule has 0 aliphatic heterocycles. The molecular weight excluding hydrogens is 311 g/mol. The molecule has 3 nitrogen and oxygen atoms in total. The van der Waals surface area contributed by atoms with Crippen LogP contribution in [0.25, 0.3) is 0 Å². The third kappa shape index (κ3) is 3.15. The first-order chi connectivity index (χ1) is 9.07. The Morgan fingerprint density at radius 2 is 2.05 bits per heavy atom. The molecule has 0 radical (unpaired) electrons. The van der Waals surface area contributed by atoms with Crippen molar-refractivity contribution in [2.75, 3.05) is 11.9 Å². The van der Waals surface area contributed by atoms with Crippen LogP contribution < -0.4 is 11.1 Å². The number of nitrogens with two attached hydrogens (primary N) is 1. The molecule has 0 heterocycles. The van der Waals surface area contributed by atoms with Crippen LogP contribution in [-0.4, -0.2) is 12.5 Å². The standard InChI is InChI=1S/C14H18BrFN2O/c15-11-5-4-10(8-12(11)16)18-13(19)14(9-17)6-2-1-3-7-14/h4-5,8H,1-3,6-7,9,17H2,(H,18,19). The van der Waals surface area contributed by atoms with Crippen molar-refractivity contribution < 1.29 is 9.18 Å². The first-order valence-corrected chi connectivity index (χ1v) is 7.33. The molecule has 3 N–H and O–H groups in total. The second-order valence-corrected chi connectivity index (χ2v) is 5.98. The van der Waals surface area contributed by atoms with Gasteiger partial charge in [-0.2, -0.15) is 0 Å². The summed E-state index contributed by atoms with van der Waals surface area (Å²) in [7, 11) is 0. The Balaban J connectivity index is 2.12. The fourth-order valence-corrected chi connectivity index (χ4v) is 2.84. The van der Waals surface area contributed by atoms with Crippen molar-refractivity contribution in [2.45, 2.75) is 32.1 Å². The van der Waals surface area contributed by atoms with Gasteiger partial charge in [-0.05, 0) is 47.0 Å². The third-order valence-corrected chi connectivity index (χ3v) is 4.50. The van der Waals surface area contributed by atoms with Crippen molar-refractivity contribution in [1.82, 2.24) is 0 Å². The number of nitrogens with one attached hydrogen (secondary N) is 1. The van der Waals surface area contributed by atoms with Gasteiger partial charge in [-0.1, -0.05) is 19.3 Å². The number of amides is 1. The van der Waals surface area contributed by atoms with E-state index >= 15 is 0 Å². The van der Waals surface area contributed by atoms with Crippen LogP contribution in [-0.2, 0) is 4.79 Å². The highest BCUT2D eigenvalue weighted by atomic mass is 79.9. The lowest BCUT2D eigenvalue weighted by molar-refractivity contribution is -0.126. The number of carbonyl (C=O) groups excluding carboxylic acids is 1. The number of anilines is 1. The molecule has 0 aromatic heterocycles. The summed E-state index contributed by atoms with van der Waals surface area (Å²) < 4.78 is 13.8. The van der Waals surface area contributed by atoms with Gasteiger partial charge in [-0.3, -0.25) is 4.79 Å². The van der Waals surface area contributed by atoms with Gasteiger partial charge in [0.1, 0.15) is 5.82 Å². The van der Waals surface area contributed by atoms with Crippen LogP contribution in [0.3, 0.4) is 0 Å². The Kier molecular flexibility index (Phi) is 4.58. The van der Waals surface area contributed by atoms with Gasteiger partial charge in [-0.15, -0.1) is 0 Å². The largest absolute Gasteiger partial charge is 0.329 e. The number of hydrogen-bond donors (Lipinski definition) is 2. The molecule has 104 valence electrons. The van der Waals surface area contributed by atoms with Crippen LogP contribution in [0.2, 0.25) is 0 Å². The molecule has 1 amide bonds. The van der Waals surface area contributed by atoms with Gasteiger partial charge in [0.05, 0.1) is 9.89 Å². The maximum absolute atomic E-state index is 13.4. The molecule has 0 unspecified atom stereocenters. The SMILES string of the molecule is NCC1(C(=O)Nc2ccc(Br)c(F)c2)CCCCC1. The highest BCUT2D eigenvalue weighted by molar-refractivity contribution is 9.10. The molecule has 1 aromatic carbocycles. The van der Waals surface area contributed by atoms with Crippen LogP contribution in [0.15, 0.2) is 22.7 Å². The number of benzene rings is 1. The molecule has 1 aromatic rings. The number of hydrogen-bond acceptors (Lipinski definition) is 2. The van der Waals surface area contributed by atoms with Crippen molar-refractivity contribution in [3.8, 4) is 0 Å². The summed E-state index contributed by atoms with van der Waals surface area (Å²) in [5.41, 5.74) is 5.80. The highest BCUT2D eigenvalue weighted by Gasteiger charge is 2.38. The minimum absolute atomic E-state index is 0.0866. The monoisotopic (exact) mass is 328 g/mol. The van der Waals surface area contributed by atoms with E-state index in [4.69, 9.17) is 5.73 Å². The van der Waals surface area contributed by atoms with Gasteiger partial charge >= 0.3 is 0 Å². The maximum Gasteiger partial charge on any atom is 0.231 e. The second kappa shape index (κ2) is 6.01. The molecule has 0 spiro atoms. The lowest BCUT2D eigenvalue weighted by Gasteiger charge is -2.34. The minimum atomic E-state index is -0.484. The van der Waals surface area contributed by atoms with Crippen molar-refractivity contribution in [1.29, 1.82) is 0 Å². The molecule has 1 fully saturated rings. The van der Waals surface area contributed by atoms with E-state index in [2.05, 4.69) is 21.2 Å². The van der Waals surface area contributed by atoms with Gasteiger partial charge < -0.3 is 11.1 Å². The maximum atomic E-state index is 13.4. The lowest BCUT2D eigenvalue weighted by Crippen LogP contribution is -2.43. The average molecular weight is 329 g/mol. The van der Waals surface area contributed by atoms with Gasteiger partial charge in [0.2, 0.25) is 5.91 Å². The van der Waals surface area contributed by atoms with E-state index in [9.17, 15) is 9.18 Å². The Morgan fingerprint density at radius 3 is 2.63 bits per heavy atom. The molecular formula is C14H18BrFN2O. The van der Waals surface area contributed by atoms with E-state index in [1.807, 2.05) is 0 Å². The van der Waals surface area contributed by atoms with E-state index in [1.54, 1.807) is 12.1 Å². The number of carbonyl (C=O) groups is 1. The van der Waals surface area contributed by atoms with Gasteiger partial charge in [0, 0.05) is 12.2 Å². The Morgan fingerprint density at radius 1 is 1.37 bits per heavy atom. The molecule has 19 heavy (non-hydrogen) atoms. The Hall–Kier alpha value is -0.940. The van der Waals surface area contributed by atoms with Crippen molar-refractivity contribution in [3.63, 3.8) is 0 Å². The van der Waals surface area contributed by atoms with Crippen molar-refractivity contribution in [2.24, 2.45) is 11.1 Å². The summed E-state index contributed by atoms with van der Waals surface area (Å²) in [4.78, 5) is 12.4. The Bertz CT molecular complexity index is 473. The van der Waals surface area contributed by atoms with E-state index < -0.39 is 5.41 Å². The van der Waals surface area contributed by atoms with Crippen LogP contribution in [0.5, 0.6) is 0 Å². The molecule has 1 saturated carbocycles. The van der Waals surface area contributed by atoms with Crippen LogP contribution in [0.4, 0.5) is 10.1 Å². The zero-order chi connectivity index (χ0) is 13.9. The highest BCUT2D eigenvalue weighted by Crippen LogP contribution is 2.36. The molecule has 1 aliphatic rings. The number of rotatable bonds is 3. The van der Waals surface area contributed by atoms with Crippen LogP contribution in [0, 0.1) is 11.2 Å². The first kappa shape index (κ1) is 14.5. The summed E-state index contributed by atoms with van der Waals surface area (Å²) >= 11 is 3.09. The second-order valence-electron chi connectivity index (χ2n) is 5.13. The topological polar surface area (TPSA) is 55.1 Å². The Labute approximate surface area is 120 Å². The third-order valence-electron chi connectivity index (χ3n) is 3.86. The van der Waals surface area contributed by atoms with Crippen LogP contribution in [0.1, 0.15) is 32.1 Å². The predicted molar refractivity (Wildman–Crippen MR) is 77.3 cm³/mol. The summed E-state index contributed by atoms with van der Waals surface area (Å²) in [6, 6.07) is 4.58. The molecule has 2 rings (SSSR count). The van der Waals surface area contributed by atoms with E-state index in [0.29, 0.717) is 16.7 Å². The summed E-state index contributed by atoms with van der Waals surface area (Å²) in [6.07, 6.45) is 4.84. The molecule has 0 bridgehead atoms.